The Kier molecular flexibility index (Phi) is 4.32. The van der Waals surface area contributed by atoms with Crippen LogP contribution in [-0.2, 0) is 28.6 Å². The molecule has 6 heteroatoms. The second-order valence-corrected chi connectivity index (χ2v) is 4.93. The monoisotopic (exact) mass is 258 g/mol. The van der Waals surface area contributed by atoms with Crippen molar-refractivity contribution in [3.8, 4) is 0 Å². The van der Waals surface area contributed by atoms with E-state index < -0.39 is 35.3 Å². The quantitative estimate of drug-likeness (QED) is 0.421. The van der Waals surface area contributed by atoms with Crippen molar-refractivity contribution in [2.45, 2.75) is 32.3 Å². The van der Waals surface area contributed by atoms with Gasteiger partial charge in [-0.25, -0.2) is 0 Å². The third-order valence-electron chi connectivity index (χ3n) is 2.95. The average molecular weight is 258 g/mol. The van der Waals surface area contributed by atoms with Crippen molar-refractivity contribution in [3.05, 3.63) is 0 Å². The Morgan fingerprint density at radius 3 is 2.17 bits per heavy atom. The SMILES string of the molecule is COC(=O)C(C(=O)OC)C1CC(=O)OC(C)(C)C1. The molecule has 1 rings (SSSR count). The lowest BCUT2D eigenvalue weighted by Crippen LogP contribution is -2.44. The zero-order valence-corrected chi connectivity index (χ0v) is 11.0. The second kappa shape index (κ2) is 5.37. The summed E-state index contributed by atoms with van der Waals surface area (Å²) >= 11 is 0. The molecule has 0 amide bonds. The second-order valence-electron chi connectivity index (χ2n) is 4.93. The van der Waals surface area contributed by atoms with E-state index in [1.807, 2.05) is 0 Å². The smallest absolute Gasteiger partial charge is 0.320 e. The van der Waals surface area contributed by atoms with E-state index in [0.29, 0.717) is 6.42 Å². The summed E-state index contributed by atoms with van der Waals surface area (Å²) in [6.45, 7) is 3.48. The Bertz CT molecular complexity index is 344. The molecule has 0 aromatic heterocycles. The van der Waals surface area contributed by atoms with Crippen molar-refractivity contribution in [3.63, 3.8) is 0 Å². The summed E-state index contributed by atoms with van der Waals surface area (Å²) in [7, 11) is 2.40. The fourth-order valence-corrected chi connectivity index (χ4v) is 2.28. The van der Waals surface area contributed by atoms with Crippen molar-refractivity contribution in [2.75, 3.05) is 14.2 Å². The molecule has 6 nitrogen and oxygen atoms in total. The molecule has 0 spiro atoms. The number of hydrogen-bond donors (Lipinski definition) is 0. The molecule has 0 aliphatic carbocycles. The summed E-state index contributed by atoms with van der Waals surface area (Å²) in [4.78, 5) is 34.8. The van der Waals surface area contributed by atoms with E-state index in [4.69, 9.17) is 4.74 Å². The molecule has 18 heavy (non-hydrogen) atoms. The van der Waals surface area contributed by atoms with Crippen LogP contribution in [0.25, 0.3) is 0 Å². The molecule has 1 aliphatic rings. The zero-order chi connectivity index (χ0) is 13.9. The predicted octanol–water partition coefficient (Wildman–Crippen LogP) is 0.680. The van der Waals surface area contributed by atoms with E-state index in [9.17, 15) is 14.4 Å². The van der Waals surface area contributed by atoms with Crippen LogP contribution in [0.1, 0.15) is 26.7 Å². The van der Waals surface area contributed by atoms with E-state index in [2.05, 4.69) is 9.47 Å². The molecular weight excluding hydrogens is 240 g/mol. The van der Waals surface area contributed by atoms with Gasteiger partial charge in [-0.05, 0) is 26.2 Å². The Labute approximate surface area is 106 Å². The maximum absolute atomic E-state index is 11.7. The number of ether oxygens (including phenoxy) is 3. The van der Waals surface area contributed by atoms with Crippen LogP contribution in [0, 0.1) is 11.8 Å². The lowest BCUT2D eigenvalue weighted by molar-refractivity contribution is -0.175. The summed E-state index contributed by atoms with van der Waals surface area (Å²) < 4.78 is 14.3. The lowest BCUT2D eigenvalue weighted by Gasteiger charge is -2.36. The van der Waals surface area contributed by atoms with Crippen LogP contribution in [0.5, 0.6) is 0 Å². The predicted molar refractivity (Wildman–Crippen MR) is 60.4 cm³/mol. The highest BCUT2D eigenvalue weighted by molar-refractivity contribution is 5.95. The van der Waals surface area contributed by atoms with Gasteiger partial charge in [0.25, 0.3) is 0 Å². The fraction of sp³-hybridized carbons (Fsp3) is 0.750. The van der Waals surface area contributed by atoms with Gasteiger partial charge in [0, 0.05) is 6.42 Å². The molecule has 102 valence electrons. The number of carbonyl (C=O) groups excluding carboxylic acids is 3. The number of cyclic esters (lactones) is 1. The van der Waals surface area contributed by atoms with Gasteiger partial charge in [0.05, 0.1) is 14.2 Å². The van der Waals surface area contributed by atoms with Gasteiger partial charge in [-0.3, -0.25) is 14.4 Å². The van der Waals surface area contributed by atoms with Crippen LogP contribution >= 0.6 is 0 Å². The molecule has 1 saturated heterocycles. The van der Waals surface area contributed by atoms with Gasteiger partial charge in [-0.15, -0.1) is 0 Å². The van der Waals surface area contributed by atoms with Crippen LogP contribution in [0.3, 0.4) is 0 Å². The molecule has 0 aromatic rings. The molecule has 1 fully saturated rings. The van der Waals surface area contributed by atoms with Crippen LogP contribution in [0.2, 0.25) is 0 Å². The lowest BCUT2D eigenvalue weighted by atomic mass is 9.79. The standard InChI is InChI=1S/C12H18O6/c1-12(2)6-7(5-8(13)18-12)9(10(14)16-3)11(15)17-4/h7,9H,5-6H2,1-4H3. The summed E-state index contributed by atoms with van der Waals surface area (Å²) in [6.07, 6.45) is 0.423. The molecule has 0 radical (unpaired) electrons. The summed E-state index contributed by atoms with van der Waals surface area (Å²) in [6, 6.07) is 0. The average Bonchev–Trinajstić information content (AvgIpc) is 2.26. The van der Waals surface area contributed by atoms with E-state index in [-0.39, 0.29) is 6.42 Å². The van der Waals surface area contributed by atoms with Crippen molar-refractivity contribution < 1.29 is 28.6 Å². The van der Waals surface area contributed by atoms with Crippen molar-refractivity contribution >= 4 is 17.9 Å². The van der Waals surface area contributed by atoms with E-state index in [0.717, 1.165) is 0 Å². The van der Waals surface area contributed by atoms with Gasteiger partial charge < -0.3 is 14.2 Å². The van der Waals surface area contributed by atoms with Gasteiger partial charge in [-0.2, -0.15) is 0 Å². The van der Waals surface area contributed by atoms with Gasteiger partial charge in [0.2, 0.25) is 0 Å². The number of methoxy groups -OCH3 is 2. The summed E-state index contributed by atoms with van der Waals surface area (Å²) in [5.74, 6) is -3.32. The Hall–Kier alpha value is -1.59. The minimum atomic E-state index is -1.08. The van der Waals surface area contributed by atoms with Gasteiger partial charge in [0.15, 0.2) is 5.92 Å². The van der Waals surface area contributed by atoms with Crippen molar-refractivity contribution in [2.24, 2.45) is 11.8 Å². The minimum absolute atomic E-state index is 0.0122. The Morgan fingerprint density at radius 1 is 1.28 bits per heavy atom. The van der Waals surface area contributed by atoms with Gasteiger partial charge in [0.1, 0.15) is 5.60 Å². The maximum Gasteiger partial charge on any atom is 0.320 e. The molecule has 1 heterocycles. The van der Waals surface area contributed by atoms with Gasteiger partial charge in [-0.1, -0.05) is 0 Å². The van der Waals surface area contributed by atoms with Crippen LogP contribution in [0.4, 0.5) is 0 Å². The molecule has 0 aromatic carbocycles. The van der Waals surface area contributed by atoms with Crippen LogP contribution < -0.4 is 0 Å². The molecular formula is C12H18O6. The molecule has 1 atom stereocenters. The van der Waals surface area contributed by atoms with Gasteiger partial charge >= 0.3 is 17.9 Å². The topological polar surface area (TPSA) is 78.9 Å². The van der Waals surface area contributed by atoms with Crippen molar-refractivity contribution in [1.29, 1.82) is 0 Å². The number of carbonyl (C=O) groups is 3. The Morgan fingerprint density at radius 2 is 1.78 bits per heavy atom. The number of esters is 3. The van der Waals surface area contributed by atoms with Crippen LogP contribution in [-0.4, -0.2) is 37.7 Å². The molecule has 1 aliphatic heterocycles. The van der Waals surface area contributed by atoms with E-state index in [1.54, 1.807) is 13.8 Å². The number of hydrogen-bond acceptors (Lipinski definition) is 6. The normalized spacial score (nSPS) is 22.3. The van der Waals surface area contributed by atoms with Crippen LogP contribution in [0.15, 0.2) is 0 Å². The van der Waals surface area contributed by atoms with Crippen molar-refractivity contribution in [1.82, 2.24) is 0 Å². The first-order chi connectivity index (χ1) is 8.30. The highest BCUT2D eigenvalue weighted by Gasteiger charge is 2.45. The Balaban J connectivity index is 2.95. The minimum Gasteiger partial charge on any atom is -0.468 e. The van der Waals surface area contributed by atoms with E-state index >= 15 is 0 Å². The highest BCUT2D eigenvalue weighted by atomic mass is 16.6. The maximum atomic E-state index is 11.7. The molecule has 0 bridgehead atoms. The highest BCUT2D eigenvalue weighted by Crippen LogP contribution is 2.35. The van der Waals surface area contributed by atoms with E-state index in [1.165, 1.54) is 14.2 Å². The largest absolute Gasteiger partial charge is 0.468 e. The fourth-order valence-electron chi connectivity index (χ4n) is 2.28. The number of rotatable bonds is 3. The molecule has 1 unspecified atom stereocenters. The zero-order valence-electron chi connectivity index (χ0n) is 11.0. The molecule has 0 saturated carbocycles. The first-order valence-corrected chi connectivity index (χ1v) is 5.68. The first kappa shape index (κ1) is 14.5. The summed E-state index contributed by atoms with van der Waals surface area (Å²) in [5, 5.41) is 0. The first-order valence-electron chi connectivity index (χ1n) is 5.68. The third kappa shape index (κ3) is 3.21. The third-order valence-corrected chi connectivity index (χ3v) is 2.95. The summed E-state index contributed by atoms with van der Waals surface area (Å²) in [5.41, 5.74) is -0.694. The molecule has 0 N–H and O–H groups in total.